The molecule has 6 nitrogen and oxygen atoms in total. The Morgan fingerprint density at radius 2 is 2.14 bits per heavy atom. The molecule has 3 N–H and O–H groups in total. The van der Waals surface area contributed by atoms with Crippen LogP contribution in [-0.4, -0.2) is 76.4 Å². The number of hydrogen-bond acceptors (Lipinski definition) is 5. The lowest BCUT2D eigenvalue weighted by molar-refractivity contribution is -0.906. The summed E-state index contributed by atoms with van der Waals surface area (Å²) in [5.41, 5.74) is -1.01. The van der Waals surface area contributed by atoms with Crippen LogP contribution in [-0.2, 0) is 9.53 Å². The molecule has 0 spiro atoms. The fraction of sp³-hybridized carbons (Fsp3) is 0.812. The quantitative estimate of drug-likeness (QED) is 0.372. The minimum atomic E-state index is -1.91. The molecule has 2 aliphatic heterocycles. The number of esters is 1. The molecule has 0 aliphatic carbocycles. The predicted molar refractivity (Wildman–Crippen MR) is 80.8 cm³/mol. The lowest BCUT2D eigenvalue weighted by Gasteiger charge is -2.33. The number of quaternary nitrogens is 1. The largest absolute Gasteiger partial charge is 0.459 e. The predicted octanol–water partition coefficient (Wildman–Crippen LogP) is -0.183. The Hall–Kier alpha value is -0.950. The summed E-state index contributed by atoms with van der Waals surface area (Å²) < 4.78 is 6.03. The zero-order valence-corrected chi connectivity index (χ0v) is 13.8. The average molecular weight is 314 g/mol. The number of aliphatic hydroxyl groups is 3. The van der Waals surface area contributed by atoms with Crippen LogP contribution in [0.1, 0.15) is 27.2 Å². The summed E-state index contributed by atoms with van der Waals surface area (Å²) in [7, 11) is 2.09. The molecule has 22 heavy (non-hydrogen) atoms. The van der Waals surface area contributed by atoms with Gasteiger partial charge in [-0.05, 0) is 18.9 Å². The first-order chi connectivity index (χ1) is 10.1. The molecule has 0 aromatic carbocycles. The lowest BCUT2D eigenvalue weighted by Crippen LogP contribution is -2.54. The molecule has 126 valence electrons. The van der Waals surface area contributed by atoms with E-state index in [4.69, 9.17) is 4.74 Å². The maximum Gasteiger partial charge on any atom is 0.341 e. The first-order valence-corrected chi connectivity index (χ1v) is 7.91. The maximum atomic E-state index is 12.2. The highest BCUT2D eigenvalue weighted by Crippen LogP contribution is 2.35. The molecule has 1 saturated heterocycles. The lowest BCUT2D eigenvalue weighted by atomic mass is 9.85. The third-order valence-electron chi connectivity index (χ3n) is 5.34. The molecule has 6 heteroatoms. The van der Waals surface area contributed by atoms with E-state index >= 15 is 0 Å². The first kappa shape index (κ1) is 17.4. The molecule has 2 rings (SSSR count). The molecule has 5 atom stereocenters. The summed E-state index contributed by atoms with van der Waals surface area (Å²) in [6, 6.07) is -0.0357. The highest BCUT2D eigenvalue weighted by atomic mass is 16.6. The number of carbonyl (C=O) groups is 1. The maximum absolute atomic E-state index is 12.2. The molecule has 0 amide bonds. The Kier molecular flexibility index (Phi) is 4.69. The molecule has 0 aromatic heterocycles. The van der Waals surface area contributed by atoms with Crippen molar-refractivity contribution < 1.29 is 29.3 Å². The second-order valence-corrected chi connectivity index (χ2v) is 7.20. The van der Waals surface area contributed by atoms with Gasteiger partial charge in [-0.3, -0.25) is 0 Å². The number of aliphatic hydroxyl groups excluding tert-OH is 2. The minimum absolute atomic E-state index is 0.0357. The van der Waals surface area contributed by atoms with Crippen molar-refractivity contribution >= 4 is 5.97 Å². The van der Waals surface area contributed by atoms with Crippen LogP contribution in [0.2, 0.25) is 0 Å². The van der Waals surface area contributed by atoms with Crippen molar-refractivity contribution in [2.24, 2.45) is 5.92 Å². The van der Waals surface area contributed by atoms with Gasteiger partial charge in [-0.15, -0.1) is 0 Å². The number of nitrogens with zero attached hydrogens (tertiary/aromatic N) is 1. The Morgan fingerprint density at radius 3 is 2.68 bits per heavy atom. The topological polar surface area (TPSA) is 87.0 Å². The fourth-order valence-electron chi connectivity index (χ4n) is 3.74. The number of fused-ring (bicyclic) bond motifs is 1. The van der Waals surface area contributed by atoms with Crippen molar-refractivity contribution in [3.63, 3.8) is 0 Å². The van der Waals surface area contributed by atoms with Gasteiger partial charge in [0.15, 0.2) is 5.60 Å². The minimum Gasteiger partial charge on any atom is -0.459 e. The van der Waals surface area contributed by atoms with Crippen LogP contribution >= 0.6 is 0 Å². The Morgan fingerprint density at radius 1 is 1.50 bits per heavy atom. The van der Waals surface area contributed by atoms with Gasteiger partial charge in [0.2, 0.25) is 0 Å². The molecule has 2 heterocycles. The van der Waals surface area contributed by atoms with Crippen LogP contribution in [0.5, 0.6) is 0 Å². The molecule has 1 fully saturated rings. The van der Waals surface area contributed by atoms with E-state index in [-0.39, 0.29) is 12.6 Å². The number of hydrogen-bond donors (Lipinski definition) is 3. The number of rotatable bonds is 5. The molecule has 2 aliphatic rings. The van der Waals surface area contributed by atoms with Crippen molar-refractivity contribution in [3.8, 4) is 0 Å². The Balaban J connectivity index is 2.03. The van der Waals surface area contributed by atoms with Gasteiger partial charge in [-0.25, -0.2) is 4.79 Å². The normalized spacial score (nSPS) is 35.0. The monoisotopic (exact) mass is 314 g/mol. The van der Waals surface area contributed by atoms with Crippen molar-refractivity contribution in [3.05, 3.63) is 11.6 Å². The van der Waals surface area contributed by atoms with Crippen molar-refractivity contribution in [1.82, 2.24) is 0 Å². The van der Waals surface area contributed by atoms with Gasteiger partial charge in [0, 0.05) is 12.0 Å². The van der Waals surface area contributed by atoms with E-state index in [9.17, 15) is 20.1 Å². The van der Waals surface area contributed by atoms with Gasteiger partial charge < -0.3 is 24.5 Å². The zero-order valence-electron chi connectivity index (χ0n) is 13.8. The average Bonchev–Trinajstić information content (AvgIpc) is 2.92. The van der Waals surface area contributed by atoms with Gasteiger partial charge in [0.05, 0.1) is 26.2 Å². The summed E-state index contributed by atoms with van der Waals surface area (Å²) in [5, 5.41) is 30.3. The summed E-state index contributed by atoms with van der Waals surface area (Å²) in [4.78, 5) is 12.2. The molecule has 0 aromatic rings. The van der Waals surface area contributed by atoms with Crippen molar-refractivity contribution in [2.45, 2.75) is 51.0 Å². The van der Waals surface area contributed by atoms with Crippen LogP contribution in [0.25, 0.3) is 0 Å². The van der Waals surface area contributed by atoms with E-state index in [0.717, 1.165) is 29.6 Å². The van der Waals surface area contributed by atoms with Gasteiger partial charge in [-0.1, -0.05) is 13.8 Å². The van der Waals surface area contributed by atoms with Crippen molar-refractivity contribution in [2.75, 3.05) is 26.7 Å². The second-order valence-electron chi connectivity index (χ2n) is 7.20. The van der Waals surface area contributed by atoms with Crippen LogP contribution in [0.15, 0.2) is 11.6 Å². The van der Waals surface area contributed by atoms with Crippen LogP contribution in [0.4, 0.5) is 0 Å². The second kappa shape index (κ2) is 5.92. The van der Waals surface area contributed by atoms with Crippen LogP contribution in [0.3, 0.4) is 0 Å². The van der Waals surface area contributed by atoms with E-state index < -0.39 is 29.7 Å². The first-order valence-electron chi connectivity index (χ1n) is 7.91. The molecule has 0 bridgehead atoms. The zero-order chi connectivity index (χ0) is 16.7. The molecular formula is C16H28NO5+. The van der Waals surface area contributed by atoms with Gasteiger partial charge in [0.25, 0.3) is 0 Å². The Labute approximate surface area is 131 Å². The third kappa shape index (κ3) is 2.69. The summed E-state index contributed by atoms with van der Waals surface area (Å²) in [6.07, 6.45) is 1.13. The van der Waals surface area contributed by atoms with Gasteiger partial charge in [-0.2, -0.15) is 0 Å². The fourth-order valence-corrected chi connectivity index (χ4v) is 3.74. The van der Waals surface area contributed by atoms with E-state index in [1.807, 2.05) is 6.08 Å². The van der Waals surface area contributed by atoms with Crippen LogP contribution in [0, 0.1) is 5.92 Å². The summed E-state index contributed by atoms with van der Waals surface area (Å²) in [6.45, 7) is 6.48. The highest BCUT2D eigenvalue weighted by Gasteiger charge is 2.51. The molecular weight excluding hydrogens is 286 g/mol. The summed E-state index contributed by atoms with van der Waals surface area (Å²) in [5.74, 6) is -1.28. The van der Waals surface area contributed by atoms with E-state index in [1.54, 1.807) is 13.8 Å². The number of likely N-dealkylation sites (N-methyl/N-ethyl adjacent to an activating group) is 1. The van der Waals surface area contributed by atoms with Crippen molar-refractivity contribution in [1.29, 1.82) is 0 Å². The SMILES string of the molecule is CC(C)[C@](O)(C(=O)OCC1=CC[N@+]2(C)CC[C@H](O)[C@@H]12)[C@H](C)O. The third-order valence-corrected chi connectivity index (χ3v) is 5.34. The molecule has 0 radical (unpaired) electrons. The summed E-state index contributed by atoms with van der Waals surface area (Å²) >= 11 is 0. The van der Waals surface area contributed by atoms with Crippen LogP contribution < -0.4 is 0 Å². The highest BCUT2D eigenvalue weighted by molar-refractivity contribution is 5.80. The number of ether oxygens (including phenoxy) is 1. The molecule has 0 saturated carbocycles. The smallest absolute Gasteiger partial charge is 0.341 e. The van der Waals surface area contributed by atoms with E-state index in [0.29, 0.717) is 0 Å². The number of carbonyl (C=O) groups excluding carboxylic acids is 1. The Bertz CT molecular complexity index is 465. The van der Waals surface area contributed by atoms with E-state index in [2.05, 4.69) is 7.05 Å². The molecule has 0 unspecified atom stereocenters. The standard InChI is InChI=1S/C16H28NO5/c1-10(2)16(21,11(3)18)15(20)22-9-12-5-7-17(4)8-6-13(19)14(12)17/h5,10-11,13-14,18-19,21H,6-9H2,1-4H3/q+1/t11-,13-,14+,16+,17+/m0/s1. The van der Waals surface area contributed by atoms with E-state index in [1.165, 1.54) is 6.92 Å². The van der Waals surface area contributed by atoms with Gasteiger partial charge in [0.1, 0.15) is 18.8 Å². The van der Waals surface area contributed by atoms with Gasteiger partial charge >= 0.3 is 5.97 Å².